The summed E-state index contributed by atoms with van der Waals surface area (Å²) in [4.78, 5) is 2.36. The van der Waals surface area contributed by atoms with Gasteiger partial charge in [-0.05, 0) is 54.0 Å². The average Bonchev–Trinajstić information content (AvgIpc) is 2.97. The Kier molecular flexibility index (Phi) is 5.05. The van der Waals surface area contributed by atoms with Crippen molar-refractivity contribution < 1.29 is 8.42 Å². The zero-order valence-electron chi connectivity index (χ0n) is 11.2. The first kappa shape index (κ1) is 15.4. The van der Waals surface area contributed by atoms with Gasteiger partial charge < -0.3 is 0 Å². The number of nitrogens with zero attached hydrogens (tertiary/aromatic N) is 2. The molecule has 1 aromatic heterocycles. The summed E-state index contributed by atoms with van der Waals surface area (Å²) >= 11 is 4.57. The molecule has 19 heavy (non-hydrogen) atoms. The molecule has 0 aromatic carbocycles. The quantitative estimate of drug-likeness (QED) is 0.803. The molecule has 0 bridgehead atoms. The van der Waals surface area contributed by atoms with Crippen molar-refractivity contribution >= 4 is 37.3 Å². The molecular weight excluding hydrogens is 348 g/mol. The highest BCUT2D eigenvalue weighted by atomic mass is 79.9. The van der Waals surface area contributed by atoms with Crippen molar-refractivity contribution in [3.05, 3.63) is 15.9 Å². The van der Waals surface area contributed by atoms with E-state index in [0.29, 0.717) is 16.8 Å². The van der Waals surface area contributed by atoms with E-state index in [9.17, 15) is 8.42 Å². The van der Waals surface area contributed by atoms with Crippen LogP contribution in [-0.2, 0) is 10.0 Å². The third kappa shape index (κ3) is 3.39. The summed E-state index contributed by atoms with van der Waals surface area (Å²) in [6, 6.07) is 3.79. The minimum atomic E-state index is -3.34. The van der Waals surface area contributed by atoms with E-state index in [2.05, 4.69) is 27.8 Å². The average molecular weight is 367 g/mol. The minimum absolute atomic E-state index is 0.355. The lowest BCUT2D eigenvalue weighted by molar-refractivity contribution is 0.238. The van der Waals surface area contributed by atoms with Gasteiger partial charge >= 0.3 is 0 Å². The van der Waals surface area contributed by atoms with Crippen LogP contribution in [0.5, 0.6) is 0 Å². The van der Waals surface area contributed by atoms with Crippen molar-refractivity contribution in [1.82, 2.24) is 9.21 Å². The Hall–Kier alpha value is 0.0500. The van der Waals surface area contributed by atoms with Gasteiger partial charge in [0, 0.05) is 19.6 Å². The largest absolute Gasteiger partial charge is 0.299 e. The number of thiophene rings is 1. The van der Waals surface area contributed by atoms with Gasteiger partial charge in [0.15, 0.2) is 0 Å². The highest BCUT2D eigenvalue weighted by Gasteiger charge is 2.29. The molecule has 1 fully saturated rings. The number of hydrogen-bond donors (Lipinski definition) is 0. The Morgan fingerprint density at radius 2 is 2.26 bits per heavy atom. The molecule has 108 valence electrons. The van der Waals surface area contributed by atoms with E-state index in [-0.39, 0.29) is 0 Å². The van der Waals surface area contributed by atoms with E-state index in [1.165, 1.54) is 15.6 Å². The van der Waals surface area contributed by atoms with Crippen molar-refractivity contribution in [3.63, 3.8) is 0 Å². The first-order valence-corrected chi connectivity index (χ1v) is 9.46. The van der Waals surface area contributed by atoms with Crippen LogP contribution in [0.3, 0.4) is 0 Å². The van der Waals surface area contributed by atoms with Gasteiger partial charge in [-0.15, -0.1) is 11.3 Å². The van der Waals surface area contributed by atoms with Gasteiger partial charge in [0.05, 0.1) is 3.79 Å². The molecule has 4 nitrogen and oxygen atoms in total. The van der Waals surface area contributed by atoms with Crippen molar-refractivity contribution in [2.45, 2.75) is 30.0 Å². The van der Waals surface area contributed by atoms with Crippen molar-refractivity contribution in [3.8, 4) is 0 Å². The minimum Gasteiger partial charge on any atom is -0.299 e. The van der Waals surface area contributed by atoms with E-state index < -0.39 is 10.0 Å². The number of likely N-dealkylation sites (tertiary alicyclic amines) is 1. The fourth-order valence-electron chi connectivity index (χ4n) is 2.50. The van der Waals surface area contributed by atoms with Crippen LogP contribution in [0.15, 0.2) is 20.1 Å². The summed E-state index contributed by atoms with van der Waals surface area (Å²) in [5.74, 6) is 0. The number of likely N-dealkylation sites (N-methyl/N-ethyl adjacent to an activating group) is 2. The van der Waals surface area contributed by atoms with Crippen LogP contribution in [0, 0.1) is 0 Å². The molecule has 1 aromatic rings. The molecule has 0 aliphatic carbocycles. The van der Waals surface area contributed by atoms with Crippen molar-refractivity contribution in [2.24, 2.45) is 0 Å². The molecule has 1 aliphatic rings. The molecule has 1 saturated heterocycles. The fraction of sp³-hybridized carbons (Fsp3) is 0.667. The zero-order chi connectivity index (χ0) is 14.0. The SMILES string of the molecule is CCN1CCCC1CN(C)S(=O)(=O)c1ccc(Br)s1. The van der Waals surface area contributed by atoms with Gasteiger partial charge in [0.1, 0.15) is 4.21 Å². The summed E-state index contributed by atoms with van der Waals surface area (Å²) in [5.41, 5.74) is 0. The maximum absolute atomic E-state index is 12.4. The summed E-state index contributed by atoms with van der Waals surface area (Å²) in [6.07, 6.45) is 2.25. The lowest BCUT2D eigenvalue weighted by Crippen LogP contribution is -2.40. The Morgan fingerprint density at radius 1 is 1.53 bits per heavy atom. The number of sulfonamides is 1. The second-order valence-electron chi connectivity index (χ2n) is 4.77. The summed E-state index contributed by atoms with van der Waals surface area (Å²) in [7, 11) is -1.67. The molecule has 0 radical (unpaired) electrons. The van der Waals surface area contributed by atoms with E-state index in [4.69, 9.17) is 0 Å². The molecule has 2 heterocycles. The zero-order valence-corrected chi connectivity index (χ0v) is 14.4. The van der Waals surface area contributed by atoms with Gasteiger partial charge in [-0.1, -0.05) is 6.92 Å². The Balaban J connectivity index is 2.09. The molecule has 0 saturated carbocycles. The van der Waals surface area contributed by atoms with Crippen LogP contribution in [0.25, 0.3) is 0 Å². The molecule has 0 N–H and O–H groups in total. The van der Waals surface area contributed by atoms with Crippen molar-refractivity contribution in [1.29, 1.82) is 0 Å². The predicted molar refractivity (Wildman–Crippen MR) is 82.1 cm³/mol. The summed E-state index contributed by atoms with van der Waals surface area (Å²) in [5, 5.41) is 0. The third-order valence-corrected chi connectivity index (χ3v) is 7.50. The molecule has 1 atom stereocenters. The highest BCUT2D eigenvalue weighted by Crippen LogP contribution is 2.28. The highest BCUT2D eigenvalue weighted by molar-refractivity contribution is 9.11. The van der Waals surface area contributed by atoms with Crippen LogP contribution in [0.2, 0.25) is 0 Å². The van der Waals surface area contributed by atoms with Crippen LogP contribution < -0.4 is 0 Å². The molecule has 2 rings (SSSR count). The second kappa shape index (κ2) is 6.22. The normalized spacial score (nSPS) is 21.4. The second-order valence-corrected chi connectivity index (χ2v) is 9.50. The van der Waals surface area contributed by atoms with Gasteiger partial charge in [-0.25, -0.2) is 8.42 Å². The van der Waals surface area contributed by atoms with E-state index in [1.54, 1.807) is 19.2 Å². The van der Waals surface area contributed by atoms with Crippen molar-refractivity contribution in [2.75, 3.05) is 26.7 Å². The van der Waals surface area contributed by atoms with E-state index in [1.807, 2.05) is 0 Å². The summed E-state index contributed by atoms with van der Waals surface area (Å²) < 4.78 is 27.6. The van der Waals surface area contributed by atoms with Crippen LogP contribution in [-0.4, -0.2) is 50.3 Å². The van der Waals surface area contributed by atoms with E-state index >= 15 is 0 Å². The topological polar surface area (TPSA) is 40.6 Å². The Morgan fingerprint density at radius 3 is 2.84 bits per heavy atom. The van der Waals surface area contributed by atoms with Gasteiger partial charge in [0.25, 0.3) is 10.0 Å². The Bertz CT molecular complexity index is 530. The first-order valence-electron chi connectivity index (χ1n) is 6.41. The maximum atomic E-state index is 12.4. The molecule has 0 amide bonds. The Labute approximate surface area is 127 Å². The standard InChI is InChI=1S/C12H19BrN2O2S2/c1-3-15-8-4-5-10(15)9-14(2)19(16,17)12-7-6-11(13)18-12/h6-7,10H,3-5,8-9H2,1-2H3. The van der Waals surface area contributed by atoms with Crippen LogP contribution >= 0.6 is 27.3 Å². The smallest absolute Gasteiger partial charge is 0.252 e. The van der Waals surface area contributed by atoms with Crippen LogP contribution in [0.4, 0.5) is 0 Å². The fourth-order valence-corrected chi connectivity index (χ4v) is 5.93. The molecule has 1 unspecified atom stereocenters. The first-order chi connectivity index (χ1) is 8.95. The third-order valence-electron chi connectivity index (χ3n) is 3.59. The molecule has 0 spiro atoms. The molecular formula is C12H19BrN2O2S2. The van der Waals surface area contributed by atoms with Gasteiger partial charge in [-0.3, -0.25) is 4.90 Å². The number of hydrogen-bond acceptors (Lipinski definition) is 4. The van der Waals surface area contributed by atoms with Gasteiger partial charge in [0.2, 0.25) is 0 Å². The van der Waals surface area contributed by atoms with Gasteiger partial charge in [-0.2, -0.15) is 4.31 Å². The lowest BCUT2D eigenvalue weighted by atomic mass is 10.2. The predicted octanol–water partition coefficient (Wildman–Crippen LogP) is 2.62. The van der Waals surface area contributed by atoms with Crippen LogP contribution in [0.1, 0.15) is 19.8 Å². The molecule has 7 heteroatoms. The number of halogens is 1. The van der Waals surface area contributed by atoms with E-state index in [0.717, 1.165) is 29.7 Å². The maximum Gasteiger partial charge on any atom is 0.252 e. The monoisotopic (exact) mass is 366 g/mol. The molecule has 1 aliphatic heterocycles. The number of rotatable bonds is 5. The lowest BCUT2D eigenvalue weighted by Gasteiger charge is -2.27. The summed E-state index contributed by atoms with van der Waals surface area (Å²) in [6.45, 7) is 4.78.